The van der Waals surface area contributed by atoms with E-state index in [0.29, 0.717) is 6.04 Å². The molecular formula is C16H18ClN. The van der Waals surface area contributed by atoms with Gasteiger partial charge < -0.3 is 5.32 Å². The maximum Gasteiger partial charge on any atom is 0.0406 e. The van der Waals surface area contributed by atoms with E-state index in [1.165, 1.54) is 16.7 Å². The number of hydrogen-bond donors (Lipinski definition) is 1. The lowest BCUT2D eigenvalue weighted by Gasteiger charge is -2.09. The van der Waals surface area contributed by atoms with Gasteiger partial charge in [0.2, 0.25) is 0 Å². The number of rotatable bonds is 4. The fourth-order valence-electron chi connectivity index (χ4n) is 1.78. The molecule has 94 valence electrons. The molecule has 0 radical (unpaired) electrons. The van der Waals surface area contributed by atoms with Gasteiger partial charge in [0.05, 0.1) is 0 Å². The molecule has 0 spiro atoms. The van der Waals surface area contributed by atoms with E-state index in [2.05, 4.69) is 43.4 Å². The van der Waals surface area contributed by atoms with Crippen LogP contribution in [0.2, 0.25) is 5.02 Å². The Labute approximate surface area is 114 Å². The molecule has 0 fully saturated rings. The Hall–Kier alpha value is -1.31. The Balaban J connectivity index is 2.09. The molecule has 2 aromatic carbocycles. The van der Waals surface area contributed by atoms with Crippen molar-refractivity contribution in [2.75, 3.05) is 0 Å². The van der Waals surface area contributed by atoms with Crippen LogP contribution >= 0.6 is 11.6 Å². The highest BCUT2D eigenvalue weighted by atomic mass is 35.5. The molecule has 0 bridgehead atoms. The summed E-state index contributed by atoms with van der Waals surface area (Å²) in [6.07, 6.45) is 0. The molecule has 18 heavy (non-hydrogen) atoms. The van der Waals surface area contributed by atoms with Crippen molar-refractivity contribution >= 4 is 11.6 Å². The Kier molecular flexibility index (Phi) is 4.40. The van der Waals surface area contributed by atoms with E-state index in [4.69, 9.17) is 11.6 Å². The van der Waals surface area contributed by atoms with Gasteiger partial charge in [-0.1, -0.05) is 61.8 Å². The predicted molar refractivity (Wildman–Crippen MR) is 78.9 cm³/mol. The largest absolute Gasteiger partial charge is 0.310 e. The molecule has 2 heteroatoms. The van der Waals surface area contributed by atoms with Gasteiger partial charge in [0.1, 0.15) is 0 Å². The zero-order chi connectivity index (χ0) is 13.0. The standard InChI is InChI=1S/C16H18ClN/c1-12(2)18-11-13-3-5-14(6-4-13)15-7-9-16(17)10-8-15/h3-10,12,18H,11H2,1-2H3. The van der Waals surface area contributed by atoms with Crippen molar-refractivity contribution in [2.24, 2.45) is 0 Å². The first-order valence-corrected chi connectivity index (χ1v) is 6.61. The van der Waals surface area contributed by atoms with Crippen LogP contribution in [-0.4, -0.2) is 6.04 Å². The van der Waals surface area contributed by atoms with Crippen LogP contribution in [0.15, 0.2) is 48.5 Å². The molecule has 0 amide bonds. The molecule has 0 saturated carbocycles. The Morgan fingerprint density at radius 1 is 0.889 bits per heavy atom. The number of halogens is 1. The quantitative estimate of drug-likeness (QED) is 0.852. The fourth-order valence-corrected chi connectivity index (χ4v) is 1.91. The molecule has 0 aliphatic rings. The Morgan fingerprint density at radius 3 is 1.89 bits per heavy atom. The lowest BCUT2D eigenvalue weighted by atomic mass is 10.0. The van der Waals surface area contributed by atoms with Crippen molar-refractivity contribution in [2.45, 2.75) is 26.4 Å². The van der Waals surface area contributed by atoms with E-state index in [0.717, 1.165) is 11.6 Å². The summed E-state index contributed by atoms with van der Waals surface area (Å²) in [7, 11) is 0. The minimum absolute atomic E-state index is 0.515. The van der Waals surface area contributed by atoms with E-state index >= 15 is 0 Å². The van der Waals surface area contributed by atoms with Crippen LogP contribution < -0.4 is 5.32 Å². The van der Waals surface area contributed by atoms with Gasteiger partial charge >= 0.3 is 0 Å². The molecule has 0 aromatic heterocycles. The highest BCUT2D eigenvalue weighted by Crippen LogP contribution is 2.21. The van der Waals surface area contributed by atoms with Crippen molar-refractivity contribution in [3.8, 4) is 11.1 Å². The summed E-state index contributed by atoms with van der Waals surface area (Å²) in [6, 6.07) is 17.1. The molecule has 0 saturated heterocycles. The molecule has 0 heterocycles. The smallest absolute Gasteiger partial charge is 0.0406 e. The third-order valence-corrected chi connectivity index (χ3v) is 3.10. The third-order valence-electron chi connectivity index (χ3n) is 2.85. The van der Waals surface area contributed by atoms with Crippen LogP contribution in [0.5, 0.6) is 0 Å². The molecule has 2 rings (SSSR count). The van der Waals surface area contributed by atoms with Crippen LogP contribution in [0.1, 0.15) is 19.4 Å². The normalized spacial score (nSPS) is 10.9. The first kappa shape index (κ1) is 13.1. The average Bonchev–Trinajstić information content (AvgIpc) is 2.38. The van der Waals surface area contributed by atoms with E-state index in [1.54, 1.807) is 0 Å². The highest BCUT2D eigenvalue weighted by molar-refractivity contribution is 6.30. The molecular weight excluding hydrogens is 242 g/mol. The summed E-state index contributed by atoms with van der Waals surface area (Å²) in [5.74, 6) is 0. The van der Waals surface area contributed by atoms with Gasteiger partial charge in [0.25, 0.3) is 0 Å². The first-order chi connectivity index (χ1) is 8.65. The monoisotopic (exact) mass is 259 g/mol. The van der Waals surface area contributed by atoms with Crippen LogP contribution in [0.25, 0.3) is 11.1 Å². The van der Waals surface area contributed by atoms with Crippen molar-refractivity contribution in [1.82, 2.24) is 5.32 Å². The van der Waals surface area contributed by atoms with Crippen molar-refractivity contribution in [1.29, 1.82) is 0 Å². The lowest BCUT2D eigenvalue weighted by molar-refractivity contribution is 0.589. The zero-order valence-corrected chi connectivity index (χ0v) is 11.5. The summed E-state index contributed by atoms with van der Waals surface area (Å²) in [5, 5.41) is 4.19. The number of nitrogens with one attached hydrogen (secondary N) is 1. The summed E-state index contributed by atoms with van der Waals surface area (Å²) in [4.78, 5) is 0. The summed E-state index contributed by atoms with van der Waals surface area (Å²) in [6.45, 7) is 5.22. The Bertz CT molecular complexity index is 486. The van der Waals surface area contributed by atoms with Crippen LogP contribution in [0.3, 0.4) is 0 Å². The van der Waals surface area contributed by atoms with E-state index in [9.17, 15) is 0 Å². The second-order valence-corrected chi connectivity index (χ2v) is 5.18. The van der Waals surface area contributed by atoms with E-state index in [1.807, 2.05) is 24.3 Å². The van der Waals surface area contributed by atoms with Gasteiger partial charge in [-0.25, -0.2) is 0 Å². The zero-order valence-electron chi connectivity index (χ0n) is 10.8. The number of hydrogen-bond acceptors (Lipinski definition) is 1. The second-order valence-electron chi connectivity index (χ2n) is 4.74. The maximum absolute atomic E-state index is 5.89. The van der Waals surface area contributed by atoms with Gasteiger partial charge in [0.15, 0.2) is 0 Å². The minimum atomic E-state index is 0.515. The first-order valence-electron chi connectivity index (χ1n) is 6.23. The van der Waals surface area contributed by atoms with Crippen molar-refractivity contribution < 1.29 is 0 Å². The highest BCUT2D eigenvalue weighted by Gasteiger charge is 1.99. The molecule has 0 aliphatic heterocycles. The molecule has 0 unspecified atom stereocenters. The SMILES string of the molecule is CC(C)NCc1ccc(-c2ccc(Cl)cc2)cc1. The minimum Gasteiger partial charge on any atom is -0.310 e. The van der Waals surface area contributed by atoms with Crippen LogP contribution in [0, 0.1) is 0 Å². The second kappa shape index (κ2) is 6.03. The maximum atomic E-state index is 5.89. The van der Waals surface area contributed by atoms with Gasteiger partial charge in [-0.3, -0.25) is 0 Å². The molecule has 1 N–H and O–H groups in total. The summed E-state index contributed by atoms with van der Waals surface area (Å²) < 4.78 is 0. The van der Waals surface area contributed by atoms with Gasteiger partial charge in [-0.15, -0.1) is 0 Å². The number of benzene rings is 2. The van der Waals surface area contributed by atoms with E-state index in [-0.39, 0.29) is 0 Å². The van der Waals surface area contributed by atoms with Gasteiger partial charge in [-0.05, 0) is 28.8 Å². The topological polar surface area (TPSA) is 12.0 Å². The summed E-state index contributed by atoms with van der Waals surface area (Å²) in [5.41, 5.74) is 3.73. The average molecular weight is 260 g/mol. The lowest BCUT2D eigenvalue weighted by Crippen LogP contribution is -2.21. The molecule has 0 atom stereocenters. The molecule has 0 aliphatic carbocycles. The van der Waals surface area contributed by atoms with E-state index < -0.39 is 0 Å². The van der Waals surface area contributed by atoms with Crippen molar-refractivity contribution in [3.63, 3.8) is 0 Å². The Morgan fingerprint density at radius 2 is 1.39 bits per heavy atom. The summed E-state index contributed by atoms with van der Waals surface area (Å²) >= 11 is 5.89. The van der Waals surface area contributed by atoms with Crippen molar-refractivity contribution in [3.05, 3.63) is 59.1 Å². The van der Waals surface area contributed by atoms with Crippen LogP contribution in [-0.2, 0) is 6.54 Å². The fraction of sp³-hybridized carbons (Fsp3) is 0.250. The predicted octanol–water partition coefficient (Wildman–Crippen LogP) is 4.51. The van der Waals surface area contributed by atoms with Gasteiger partial charge in [-0.2, -0.15) is 0 Å². The van der Waals surface area contributed by atoms with Gasteiger partial charge in [0, 0.05) is 17.6 Å². The van der Waals surface area contributed by atoms with Crippen LogP contribution in [0.4, 0.5) is 0 Å². The molecule has 1 nitrogen and oxygen atoms in total. The third kappa shape index (κ3) is 3.59. The molecule has 2 aromatic rings.